The fourth-order valence-electron chi connectivity index (χ4n) is 6.21. The number of rotatable bonds is 12. The molecule has 0 fully saturated rings. The first-order valence-corrected chi connectivity index (χ1v) is 15.4. The van der Waals surface area contributed by atoms with E-state index >= 15 is 0 Å². The first-order chi connectivity index (χ1) is 18.5. The Bertz CT molecular complexity index is 1450. The maximum atomic E-state index is 12.0. The van der Waals surface area contributed by atoms with E-state index in [1.807, 2.05) is 18.2 Å². The van der Waals surface area contributed by atoms with Gasteiger partial charge in [0.2, 0.25) is 0 Å². The molecule has 1 aliphatic carbocycles. The fourth-order valence-corrected chi connectivity index (χ4v) is 7.07. The highest BCUT2D eigenvalue weighted by molar-refractivity contribution is 9.10. The summed E-state index contributed by atoms with van der Waals surface area (Å²) in [4.78, 5) is 11.7. The molecule has 38 heavy (non-hydrogen) atoms. The quantitative estimate of drug-likeness (QED) is 0.0932. The van der Waals surface area contributed by atoms with Gasteiger partial charge in [-0.05, 0) is 71.0 Å². The van der Waals surface area contributed by atoms with Crippen LogP contribution in [0.5, 0.6) is 0 Å². The Morgan fingerprint density at radius 3 is 2.08 bits per heavy atom. The lowest BCUT2D eigenvalue weighted by molar-refractivity contribution is -0.384. The van der Waals surface area contributed by atoms with Crippen LogP contribution >= 0.6 is 27.7 Å². The topological polar surface area (TPSA) is 68.9 Å². The summed E-state index contributed by atoms with van der Waals surface area (Å²) in [5.74, 6) is 0. The molecule has 0 saturated heterocycles. The number of fused-ring (bicyclic) bond motifs is 4. The van der Waals surface area contributed by atoms with Crippen molar-refractivity contribution in [1.29, 1.82) is 0 Å². The van der Waals surface area contributed by atoms with E-state index in [1.54, 1.807) is 6.07 Å². The molecule has 0 aliphatic heterocycles. The smallest absolute Gasteiger partial charge is 0.258 e. The normalized spacial score (nSPS) is 13.6. The molecule has 0 bridgehead atoms. The zero-order valence-electron chi connectivity index (χ0n) is 22.1. The second kappa shape index (κ2) is 11.6. The molecule has 0 amide bonds. The van der Waals surface area contributed by atoms with Crippen molar-refractivity contribution in [2.45, 2.75) is 83.5 Å². The largest absolute Gasteiger partial charge is 0.278 e. The number of hydrogen-bond donors (Lipinski definition) is 0. The van der Waals surface area contributed by atoms with Gasteiger partial charge >= 0.3 is 0 Å². The van der Waals surface area contributed by atoms with Crippen molar-refractivity contribution in [1.82, 2.24) is 8.75 Å². The Morgan fingerprint density at radius 2 is 1.42 bits per heavy atom. The number of benzene rings is 3. The first-order valence-electron chi connectivity index (χ1n) is 13.8. The van der Waals surface area contributed by atoms with Gasteiger partial charge in [-0.2, -0.15) is 8.75 Å². The lowest BCUT2D eigenvalue weighted by atomic mass is 9.70. The zero-order valence-corrected chi connectivity index (χ0v) is 24.5. The Hall–Kier alpha value is -2.64. The van der Waals surface area contributed by atoms with E-state index in [-0.39, 0.29) is 16.0 Å². The van der Waals surface area contributed by atoms with Crippen molar-refractivity contribution < 1.29 is 4.92 Å². The third-order valence-corrected chi connectivity index (χ3v) is 9.17. The summed E-state index contributed by atoms with van der Waals surface area (Å²) in [5, 5.41) is 12.0. The number of halogens is 1. The summed E-state index contributed by atoms with van der Waals surface area (Å²) in [6.07, 6.45) is 11.8. The molecule has 3 aromatic carbocycles. The molecule has 0 spiro atoms. The predicted molar refractivity (Wildman–Crippen MR) is 161 cm³/mol. The van der Waals surface area contributed by atoms with Gasteiger partial charge in [0.25, 0.3) is 5.69 Å². The van der Waals surface area contributed by atoms with Crippen LogP contribution in [0.1, 0.15) is 89.2 Å². The predicted octanol–water partition coefficient (Wildman–Crippen LogP) is 10.2. The minimum Gasteiger partial charge on any atom is -0.258 e. The van der Waals surface area contributed by atoms with Crippen LogP contribution in [0.4, 0.5) is 5.69 Å². The Balaban J connectivity index is 1.69. The van der Waals surface area contributed by atoms with Crippen LogP contribution < -0.4 is 0 Å². The molecule has 0 saturated carbocycles. The van der Waals surface area contributed by atoms with Crippen LogP contribution in [0.2, 0.25) is 0 Å². The maximum Gasteiger partial charge on any atom is 0.278 e. The summed E-state index contributed by atoms with van der Waals surface area (Å²) in [7, 11) is 0. The van der Waals surface area contributed by atoms with E-state index in [1.165, 1.54) is 72.5 Å². The minimum atomic E-state index is -0.282. The van der Waals surface area contributed by atoms with E-state index in [0.29, 0.717) is 10.0 Å². The molecule has 0 atom stereocenters. The van der Waals surface area contributed by atoms with Gasteiger partial charge in [-0.3, -0.25) is 10.1 Å². The summed E-state index contributed by atoms with van der Waals surface area (Å²) in [6.45, 7) is 4.51. The van der Waals surface area contributed by atoms with E-state index in [9.17, 15) is 10.1 Å². The van der Waals surface area contributed by atoms with Crippen molar-refractivity contribution in [2.75, 3.05) is 0 Å². The summed E-state index contributed by atoms with van der Waals surface area (Å²) in [6, 6.07) is 16.3. The number of hydrogen-bond acceptors (Lipinski definition) is 5. The van der Waals surface area contributed by atoms with Crippen molar-refractivity contribution in [3.63, 3.8) is 0 Å². The van der Waals surface area contributed by atoms with Crippen LogP contribution in [0.15, 0.2) is 53.0 Å². The van der Waals surface area contributed by atoms with E-state index < -0.39 is 0 Å². The second-order valence-corrected chi connectivity index (χ2v) is 12.0. The monoisotopic (exact) mass is 591 g/mol. The van der Waals surface area contributed by atoms with Gasteiger partial charge in [0.15, 0.2) is 0 Å². The van der Waals surface area contributed by atoms with Gasteiger partial charge in [-0.15, -0.1) is 0 Å². The van der Waals surface area contributed by atoms with E-state index in [4.69, 9.17) is 0 Å². The number of nitrogens with zero attached hydrogens (tertiary/aromatic N) is 3. The molecule has 4 aromatic rings. The number of nitro benzene ring substituents is 1. The third-order valence-electron chi connectivity index (χ3n) is 8.12. The Kier molecular flexibility index (Phi) is 8.24. The van der Waals surface area contributed by atoms with E-state index in [2.05, 4.69) is 62.8 Å². The summed E-state index contributed by atoms with van der Waals surface area (Å²) < 4.78 is 9.86. The molecule has 1 aromatic heterocycles. The third kappa shape index (κ3) is 5.03. The lowest BCUT2D eigenvalue weighted by Gasteiger charge is -2.33. The van der Waals surface area contributed by atoms with Gasteiger partial charge in [-0.25, -0.2) is 0 Å². The highest BCUT2D eigenvalue weighted by Crippen LogP contribution is 2.56. The van der Waals surface area contributed by atoms with Gasteiger partial charge in [-0.1, -0.05) is 93.3 Å². The van der Waals surface area contributed by atoms with Gasteiger partial charge in [0.05, 0.1) is 22.2 Å². The molecule has 0 radical (unpaired) electrons. The maximum absolute atomic E-state index is 12.0. The molecular weight excluding hydrogens is 558 g/mol. The molecular formula is C31H34BrN3O2S. The summed E-state index contributed by atoms with van der Waals surface area (Å²) >= 11 is 4.68. The van der Waals surface area contributed by atoms with Crippen LogP contribution in [-0.2, 0) is 5.41 Å². The minimum absolute atomic E-state index is 0.121. The molecule has 1 aliphatic rings. The van der Waals surface area contributed by atoms with Crippen LogP contribution in [0.25, 0.3) is 33.3 Å². The number of unbranched alkanes of at least 4 members (excludes halogenated alkanes) is 6. The van der Waals surface area contributed by atoms with Crippen molar-refractivity contribution in [3.05, 3.63) is 74.2 Å². The second-order valence-electron chi connectivity index (χ2n) is 10.5. The van der Waals surface area contributed by atoms with Gasteiger partial charge in [0, 0.05) is 16.0 Å². The first kappa shape index (κ1) is 26.9. The average molecular weight is 593 g/mol. The standard InChI is InChI=1S/C31H34BrN3O2S/c1-3-5-7-9-15-31(16-10-8-6-4-2)26-17-21(23-14-12-22(32)18-30(23)35(36)37)11-13-24(26)25-19-28-29(20-27(25)31)34-38-33-28/h11-14,17-20H,3-10,15-16H2,1-2H3. The average Bonchev–Trinajstić information content (AvgIpc) is 3.48. The SMILES string of the molecule is CCCCCCC1(CCCCCC)c2cc(-c3ccc(Br)cc3[N+](=O)[O-])ccc2-c2cc3nsnc3cc21. The highest BCUT2D eigenvalue weighted by atomic mass is 79.9. The van der Waals surface area contributed by atoms with Gasteiger partial charge in [0.1, 0.15) is 11.0 Å². The van der Waals surface area contributed by atoms with Crippen molar-refractivity contribution in [3.8, 4) is 22.3 Å². The molecule has 0 unspecified atom stereocenters. The molecule has 0 N–H and O–H groups in total. The van der Waals surface area contributed by atoms with Crippen LogP contribution in [-0.4, -0.2) is 13.7 Å². The van der Waals surface area contributed by atoms with Crippen LogP contribution in [0.3, 0.4) is 0 Å². The highest BCUT2D eigenvalue weighted by Gasteiger charge is 2.43. The fraction of sp³-hybridized carbons (Fsp3) is 0.419. The number of aromatic nitrogens is 2. The molecule has 7 heteroatoms. The molecule has 198 valence electrons. The molecule has 5 nitrogen and oxygen atoms in total. The van der Waals surface area contributed by atoms with E-state index in [0.717, 1.165) is 42.3 Å². The van der Waals surface area contributed by atoms with Gasteiger partial charge < -0.3 is 0 Å². The van der Waals surface area contributed by atoms with Crippen molar-refractivity contribution >= 4 is 44.4 Å². The molecule has 1 heterocycles. The zero-order chi connectivity index (χ0) is 26.7. The molecule has 5 rings (SSSR count). The lowest BCUT2D eigenvalue weighted by Crippen LogP contribution is -2.25. The Labute approximate surface area is 237 Å². The summed E-state index contributed by atoms with van der Waals surface area (Å²) in [5.41, 5.74) is 8.65. The number of nitro groups is 1. The van der Waals surface area contributed by atoms with Crippen molar-refractivity contribution in [2.24, 2.45) is 0 Å². The van der Waals surface area contributed by atoms with Crippen LogP contribution in [0, 0.1) is 10.1 Å². The Morgan fingerprint density at radius 1 is 0.789 bits per heavy atom.